The van der Waals surface area contributed by atoms with Crippen molar-refractivity contribution in [2.75, 3.05) is 13.1 Å². The summed E-state index contributed by atoms with van der Waals surface area (Å²) in [6.07, 6.45) is 0.881. The molecule has 2 aromatic rings. The lowest BCUT2D eigenvalue weighted by atomic mass is 9.99. The summed E-state index contributed by atoms with van der Waals surface area (Å²) in [5.41, 5.74) is 1.24. The van der Waals surface area contributed by atoms with Gasteiger partial charge in [0, 0.05) is 19.0 Å². The van der Waals surface area contributed by atoms with Crippen molar-refractivity contribution >= 4 is 5.91 Å². The zero-order chi connectivity index (χ0) is 14.8. The molecule has 21 heavy (non-hydrogen) atoms. The van der Waals surface area contributed by atoms with Gasteiger partial charge in [0.15, 0.2) is 0 Å². The van der Waals surface area contributed by atoms with Crippen LogP contribution in [0.25, 0.3) is 0 Å². The Morgan fingerprint density at radius 1 is 1.19 bits per heavy atom. The van der Waals surface area contributed by atoms with Crippen LogP contribution in [0.3, 0.4) is 0 Å². The number of benzene rings is 2. The van der Waals surface area contributed by atoms with Crippen LogP contribution in [0, 0.1) is 5.82 Å². The maximum atomic E-state index is 13.3. The highest BCUT2D eigenvalue weighted by Crippen LogP contribution is 2.29. The van der Waals surface area contributed by atoms with E-state index in [-0.39, 0.29) is 17.2 Å². The third-order valence-electron chi connectivity index (χ3n) is 3.94. The van der Waals surface area contributed by atoms with Gasteiger partial charge in [-0.25, -0.2) is 4.39 Å². The van der Waals surface area contributed by atoms with E-state index in [2.05, 4.69) is 12.1 Å². The van der Waals surface area contributed by atoms with Crippen LogP contribution < -0.4 is 0 Å². The van der Waals surface area contributed by atoms with Crippen LogP contribution in [-0.4, -0.2) is 29.0 Å². The number of likely N-dealkylation sites (tertiary alicyclic amines) is 1. The molecule has 1 saturated heterocycles. The molecule has 1 aliphatic rings. The molecule has 4 heteroatoms. The van der Waals surface area contributed by atoms with Gasteiger partial charge < -0.3 is 10.0 Å². The topological polar surface area (TPSA) is 40.5 Å². The predicted octanol–water partition coefficient (Wildman–Crippen LogP) is 3.16. The lowest BCUT2D eigenvalue weighted by Crippen LogP contribution is -2.28. The van der Waals surface area contributed by atoms with Gasteiger partial charge in [0.2, 0.25) is 0 Å². The summed E-state index contributed by atoms with van der Waals surface area (Å²) in [6.45, 7) is 1.22. The summed E-state index contributed by atoms with van der Waals surface area (Å²) in [6, 6.07) is 13.5. The minimum atomic E-state index is -0.519. The molecule has 3 nitrogen and oxygen atoms in total. The molecule has 1 heterocycles. The molecule has 1 N–H and O–H groups in total. The van der Waals surface area contributed by atoms with Crippen molar-refractivity contribution < 1.29 is 14.3 Å². The van der Waals surface area contributed by atoms with Crippen LogP contribution in [0.2, 0.25) is 0 Å². The second kappa shape index (κ2) is 5.56. The number of hydrogen-bond donors (Lipinski definition) is 1. The Labute approximate surface area is 122 Å². The lowest BCUT2D eigenvalue weighted by Gasteiger charge is -2.17. The van der Waals surface area contributed by atoms with Crippen LogP contribution in [0.5, 0.6) is 5.75 Å². The zero-order valence-electron chi connectivity index (χ0n) is 11.5. The molecule has 0 saturated carbocycles. The number of halogens is 1. The van der Waals surface area contributed by atoms with Gasteiger partial charge in [-0.1, -0.05) is 30.3 Å². The standard InChI is InChI=1S/C17H16FNO2/c18-14-6-7-16(20)15(10-14)17(21)19-9-8-13(11-19)12-4-2-1-3-5-12/h1-7,10,13,20H,8-9,11H2. The monoisotopic (exact) mass is 285 g/mol. The van der Waals surface area contributed by atoms with Gasteiger partial charge in [-0.15, -0.1) is 0 Å². The fourth-order valence-electron chi connectivity index (χ4n) is 2.79. The zero-order valence-corrected chi connectivity index (χ0v) is 11.5. The first-order valence-corrected chi connectivity index (χ1v) is 6.98. The van der Waals surface area contributed by atoms with E-state index in [0.717, 1.165) is 18.6 Å². The number of amides is 1. The van der Waals surface area contributed by atoms with E-state index in [4.69, 9.17) is 0 Å². The molecular formula is C17H16FNO2. The van der Waals surface area contributed by atoms with Gasteiger partial charge in [-0.2, -0.15) is 0 Å². The van der Waals surface area contributed by atoms with E-state index in [9.17, 15) is 14.3 Å². The summed E-state index contributed by atoms with van der Waals surface area (Å²) in [4.78, 5) is 14.1. The Bertz CT molecular complexity index is 657. The molecular weight excluding hydrogens is 269 g/mol. The molecule has 0 bridgehead atoms. The van der Waals surface area contributed by atoms with E-state index in [1.165, 1.54) is 11.6 Å². The molecule has 0 aromatic heterocycles. The molecule has 108 valence electrons. The first-order valence-electron chi connectivity index (χ1n) is 6.98. The maximum Gasteiger partial charge on any atom is 0.257 e. The Morgan fingerprint density at radius 2 is 1.95 bits per heavy atom. The molecule has 1 fully saturated rings. The molecule has 0 aliphatic carbocycles. The Hall–Kier alpha value is -2.36. The number of nitrogens with zero attached hydrogens (tertiary/aromatic N) is 1. The van der Waals surface area contributed by atoms with Crippen molar-refractivity contribution in [1.82, 2.24) is 4.90 Å². The molecule has 1 amide bonds. The fraction of sp³-hybridized carbons (Fsp3) is 0.235. The first kappa shape index (κ1) is 13.6. The van der Waals surface area contributed by atoms with Crippen molar-refractivity contribution in [3.8, 4) is 5.75 Å². The smallest absolute Gasteiger partial charge is 0.257 e. The minimum Gasteiger partial charge on any atom is -0.507 e. The van der Waals surface area contributed by atoms with E-state index < -0.39 is 5.82 Å². The van der Waals surface area contributed by atoms with Gasteiger partial charge in [-0.05, 0) is 30.2 Å². The third-order valence-corrected chi connectivity index (χ3v) is 3.94. The number of phenolic OH excluding ortho intramolecular Hbond substituents is 1. The van der Waals surface area contributed by atoms with Crippen LogP contribution in [0.15, 0.2) is 48.5 Å². The molecule has 3 rings (SSSR count). The third kappa shape index (κ3) is 2.75. The molecule has 1 aliphatic heterocycles. The molecule has 0 spiro atoms. The number of aromatic hydroxyl groups is 1. The van der Waals surface area contributed by atoms with E-state index >= 15 is 0 Å². The van der Waals surface area contributed by atoms with Crippen LogP contribution >= 0.6 is 0 Å². The van der Waals surface area contributed by atoms with Gasteiger partial charge in [-0.3, -0.25) is 4.79 Å². The second-order valence-electron chi connectivity index (χ2n) is 5.31. The number of rotatable bonds is 2. The SMILES string of the molecule is O=C(c1cc(F)ccc1O)N1CCC(c2ccccc2)C1. The fourth-order valence-corrected chi connectivity index (χ4v) is 2.79. The number of carbonyl (C=O) groups is 1. The van der Waals surface area contributed by atoms with Gasteiger partial charge in [0.1, 0.15) is 11.6 Å². The first-order chi connectivity index (χ1) is 10.1. The van der Waals surface area contributed by atoms with E-state index in [1.807, 2.05) is 18.2 Å². The molecule has 0 radical (unpaired) electrons. The van der Waals surface area contributed by atoms with Crippen molar-refractivity contribution in [3.05, 3.63) is 65.5 Å². The van der Waals surface area contributed by atoms with Crippen molar-refractivity contribution in [1.29, 1.82) is 0 Å². The highest BCUT2D eigenvalue weighted by molar-refractivity contribution is 5.97. The predicted molar refractivity (Wildman–Crippen MR) is 77.8 cm³/mol. The van der Waals surface area contributed by atoms with Crippen molar-refractivity contribution in [3.63, 3.8) is 0 Å². The minimum absolute atomic E-state index is 0.0312. The van der Waals surface area contributed by atoms with E-state index in [0.29, 0.717) is 19.0 Å². The summed E-state index contributed by atoms with van der Waals surface area (Å²) in [5.74, 6) is -0.712. The molecule has 2 aromatic carbocycles. The quantitative estimate of drug-likeness (QED) is 0.920. The second-order valence-corrected chi connectivity index (χ2v) is 5.31. The van der Waals surface area contributed by atoms with E-state index in [1.54, 1.807) is 4.90 Å². The average molecular weight is 285 g/mol. The number of hydrogen-bond acceptors (Lipinski definition) is 2. The Morgan fingerprint density at radius 3 is 2.71 bits per heavy atom. The van der Waals surface area contributed by atoms with Crippen LogP contribution in [-0.2, 0) is 0 Å². The summed E-state index contributed by atoms with van der Waals surface area (Å²) < 4.78 is 13.3. The molecule has 1 atom stereocenters. The summed E-state index contributed by atoms with van der Waals surface area (Å²) in [5, 5.41) is 9.73. The maximum absolute atomic E-state index is 13.3. The highest BCUT2D eigenvalue weighted by atomic mass is 19.1. The average Bonchev–Trinajstić information content (AvgIpc) is 3.00. The van der Waals surface area contributed by atoms with Gasteiger partial charge >= 0.3 is 0 Å². The summed E-state index contributed by atoms with van der Waals surface area (Å²) >= 11 is 0. The molecule has 1 unspecified atom stereocenters. The Kier molecular flexibility index (Phi) is 3.60. The Balaban J connectivity index is 1.77. The number of phenols is 1. The normalized spacial score (nSPS) is 18.0. The van der Waals surface area contributed by atoms with Gasteiger partial charge in [0.25, 0.3) is 5.91 Å². The highest BCUT2D eigenvalue weighted by Gasteiger charge is 2.29. The van der Waals surface area contributed by atoms with Gasteiger partial charge in [0.05, 0.1) is 5.56 Å². The van der Waals surface area contributed by atoms with Crippen molar-refractivity contribution in [2.45, 2.75) is 12.3 Å². The summed E-state index contributed by atoms with van der Waals surface area (Å²) in [7, 11) is 0. The number of carbonyl (C=O) groups excluding carboxylic acids is 1. The largest absolute Gasteiger partial charge is 0.507 e. The van der Waals surface area contributed by atoms with Crippen molar-refractivity contribution in [2.24, 2.45) is 0 Å². The van der Waals surface area contributed by atoms with Crippen LogP contribution in [0.4, 0.5) is 4.39 Å². The lowest BCUT2D eigenvalue weighted by molar-refractivity contribution is 0.0787. The van der Waals surface area contributed by atoms with Crippen LogP contribution in [0.1, 0.15) is 28.3 Å².